The molecule has 0 saturated heterocycles. The summed E-state index contributed by atoms with van der Waals surface area (Å²) in [6.07, 6.45) is 4.02. The SMILES string of the molecule is CC(=[C-]O)/C=C(\[C-]=[W])C(C)(C)C.[Y]. The summed E-state index contributed by atoms with van der Waals surface area (Å²) in [5, 5.41) is 8.59. The van der Waals surface area contributed by atoms with Gasteiger partial charge in [-0.25, -0.2) is 0 Å². The molecule has 0 amide bonds. The summed E-state index contributed by atoms with van der Waals surface area (Å²) < 4.78 is 3.18. The predicted octanol–water partition coefficient (Wildman–Crippen LogP) is 2.45. The zero-order valence-electron chi connectivity index (χ0n) is 8.51. The molecule has 0 aliphatic heterocycles. The molecule has 0 bridgehead atoms. The molecule has 0 rings (SSSR count). The first kappa shape index (κ1) is 16.4. The Bertz CT molecular complexity index is 224. The molecule has 0 atom stereocenters. The maximum Gasteiger partial charge on any atom is 0 e. The first-order valence-electron chi connectivity index (χ1n) is 3.76. The molecule has 0 aromatic carbocycles. The van der Waals surface area contributed by atoms with E-state index in [4.69, 9.17) is 5.11 Å². The molecular weight excluding hydrogens is 409 g/mol. The average molecular weight is 423 g/mol. The second-order valence-electron chi connectivity index (χ2n) is 3.70. The van der Waals surface area contributed by atoms with Gasteiger partial charge in [-0.1, -0.05) is 0 Å². The first-order chi connectivity index (χ1) is 5.41. The van der Waals surface area contributed by atoms with E-state index in [1.807, 2.05) is 13.0 Å². The van der Waals surface area contributed by atoms with E-state index < -0.39 is 0 Å². The fourth-order valence-electron chi connectivity index (χ4n) is 0.648. The summed E-state index contributed by atoms with van der Waals surface area (Å²) in [6, 6.07) is 0. The van der Waals surface area contributed by atoms with E-state index in [1.54, 1.807) is 0 Å². The molecular formula is C10H14OWY-2. The third kappa shape index (κ3) is 6.94. The van der Waals surface area contributed by atoms with Crippen molar-refractivity contribution in [3.8, 4) is 0 Å². The molecule has 0 aromatic rings. The van der Waals surface area contributed by atoms with Gasteiger partial charge in [0.05, 0.1) is 0 Å². The predicted molar refractivity (Wildman–Crippen MR) is 47.6 cm³/mol. The van der Waals surface area contributed by atoms with Crippen molar-refractivity contribution < 1.29 is 57.2 Å². The second kappa shape index (κ2) is 7.26. The minimum absolute atomic E-state index is 0. The molecule has 0 unspecified atom stereocenters. The van der Waals surface area contributed by atoms with Gasteiger partial charge in [0.1, 0.15) is 0 Å². The quantitative estimate of drug-likeness (QED) is 0.412. The van der Waals surface area contributed by atoms with Crippen LogP contribution in [-0.2, 0) is 52.1 Å². The maximum atomic E-state index is 8.59. The fourth-order valence-corrected chi connectivity index (χ4v) is 1.96. The van der Waals surface area contributed by atoms with Crippen molar-refractivity contribution in [1.82, 2.24) is 0 Å². The third-order valence-electron chi connectivity index (χ3n) is 1.46. The van der Waals surface area contributed by atoms with Gasteiger partial charge in [-0.3, -0.25) is 0 Å². The molecule has 71 valence electrons. The van der Waals surface area contributed by atoms with Gasteiger partial charge in [0.2, 0.25) is 0 Å². The van der Waals surface area contributed by atoms with Crippen LogP contribution in [0.4, 0.5) is 0 Å². The van der Waals surface area contributed by atoms with Crippen molar-refractivity contribution in [2.45, 2.75) is 27.7 Å². The largest absolute Gasteiger partial charge is 0 e. The zero-order valence-corrected chi connectivity index (χ0v) is 14.3. The van der Waals surface area contributed by atoms with E-state index in [0.717, 1.165) is 11.1 Å². The van der Waals surface area contributed by atoms with E-state index in [9.17, 15) is 0 Å². The summed E-state index contributed by atoms with van der Waals surface area (Å²) in [7, 11) is 0. The van der Waals surface area contributed by atoms with Crippen LogP contribution in [-0.4, -0.2) is 9.51 Å². The van der Waals surface area contributed by atoms with Crippen LogP contribution in [0.5, 0.6) is 0 Å². The minimum Gasteiger partial charge on any atom is 0 e. The van der Waals surface area contributed by atoms with Gasteiger partial charge >= 0.3 is 85.5 Å². The summed E-state index contributed by atoms with van der Waals surface area (Å²) in [4.78, 5) is 0. The van der Waals surface area contributed by atoms with E-state index in [-0.39, 0.29) is 38.1 Å². The Morgan fingerprint density at radius 3 is 2.08 bits per heavy atom. The molecule has 1 nitrogen and oxygen atoms in total. The van der Waals surface area contributed by atoms with Crippen molar-refractivity contribution >= 4 is 4.40 Å². The first-order valence-corrected chi connectivity index (χ1v) is 5.22. The van der Waals surface area contributed by atoms with Crippen LogP contribution in [0.2, 0.25) is 0 Å². The van der Waals surface area contributed by atoms with Crippen molar-refractivity contribution in [1.29, 1.82) is 0 Å². The molecule has 3 heteroatoms. The number of aliphatic hydroxyl groups excluding tert-OH is 1. The smallest absolute Gasteiger partial charge is 0 e. The molecule has 0 aliphatic carbocycles. The average Bonchev–Trinajstić information content (AvgIpc) is 1.97. The van der Waals surface area contributed by atoms with Crippen LogP contribution in [0.15, 0.2) is 17.2 Å². The van der Waals surface area contributed by atoms with Crippen molar-refractivity contribution in [3.05, 3.63) is 23.5 Å². The Morgan fingerprint density at radius 1 is 1.38 bits per heavy atom. The van der Waals surface area contributed by atoms with E-state index >= 15 is 0 Å². The molecule has 0 spiro atoms. The zero-order chi connectivity index (χ0) is 9.78. The van der Waals surface area contributed by atoms with Crippen molar-refractivity contribution in [2.75, 3.05) is 0 Å². The van der Waals surface area contributed by atoms with Crippen LogP contribution in [0.25, 0.3) is 0 Å². The summed E-state index contributed by atoms with van der Waals surface area (Å²) in [5.74, 6) is 0. The van der Waals surface area contributed by atoms with E-state index in [2.05, 4.69) is 31.4 Å². The number of hydrogen-bond donors (Lipinski definition) is 1. The molecule has 0 saturated carbocycles. The number of aliphatic hydroxyl groups is 1. The minimum atomic E-state index is 0. The molecule has 0 heterocycles. The van der Waals surface area contributed by atoms with Gasteiger partial charge in [0.25, 0.3) is 0 Å². The van der Waals surface area contributed by atoms with Gasteiger partial charge < -0.3 is 0 Å². The molecule has 1 radical (unpaired) electrons. The standard InChI is InChI=1S/C10H14O.W.Y/c1-8(7-11)6-9(2)10(3,4)5;;/h6,11H,1,3-5H3;;/q-2;;/b9-6+;;. The monoisotopic (exact) mass is 423 g/mol. The summed E-state index contributed by atoms with van der Waals surface area (Å²) in [6.45, 7) is 8.19. The third-order valence-corrected chi connectivity index (χ3v) is 2.25. The second-order valence-corrected chi connectivity index (χ2v) is 4.44. The van der Waals surface area contributed by atoms with Gasteiger partial charge in [-0.05, 0) is 0 Å². The molecule has 0 aliphatic rings. The number of allylic oxidation sites excluding steroid dienone is 3. The Labute approximate surface area is 117 Å². The summed E-state index contributed by atoms with van der Waals surface area (Å²) in [5.41, 5.74) is 1.96. The van der Waals surface area contributed by atoms with Gasteiger partial charge in [0.15, 0.2) is 0 Å². The van der Waals surface area contributed by atoms with E-state index in [0.29, 0.717) is 0 Å². The van der Waals surface area contributed by atoms with Crippen LogP contribution in [0.1, 0.15) is 27.7 Å². The van der Waals surface area contributed by atoms with Crippen molar-refractivity contribution in [3.63, 3.8) is 0 Å². The molecule has 0 aromatic heterocycles. The van der Waals surface area contributed by atoms with Crippen LogP contribution in [0, 0.1) is 11.7 Å². The Hall–Kier alpha value is 0.942. The number of rotatable bonds is 2. The topological polar surface area (TPSA) is 20.2 Å². The van der Waals surface area contributed by atoms with Gasteiger partial charge in [0, 0.05) is 32.7 Å². The van der Waals surface area contributed by atoms with Crippen LogP contribution >= 0.6 is 0 Å². The van der Waals surface area contributed by atoms with Crippen LogP contribution in [0.3, 0.4) is 0 Å². The maximum absolute atomic E-state index is 8.59. The van der Waals surface area contributed by atoms with Crippen molar-refractivity contribution in [2.24, 2.45) is 5.41 Å². The molecule has 13 heavy (non-hydrogen) atoms. The van der Waals surface area contributed by atoms with Gasteiger partial charge in [-0.15, -0.1) is 0 Å². The Kier molecular flexibility index (Phi) is 9.15. The normalized spacial score (nSPS) is 13.5. The van der Waals surface area contributed by atoms with Gasteiger partial charge in [-0.2, -0.15) is 0 Å². The molecule has 0 fully saturated rings. The van der Waals surface area contributed by atoms with E-state index in [1.165, 1.54) is 19.4 Å². The van der Waals surface area contributed by atoms with Crippen LogP contribution < -0.4 is 0 Å². The summed E-state index contributed by atoms with van der Waals surface area (Å²) >= 11 is 1.30. The fraction of sp³-hybridized carbons (Fsp3) is 0.500. The Balaban J connectivity index is 0. The Morgan fingerprint density at radius 2 is 1.85 bits per heavy atom. The number of hydrogen-bond acceptors (Lipinski definition) is 1. The molecule has 1 N–H and O–H groups in total.